The van der Waals surface area contributed by atoms with Crippen molar-refractivity contribution in [2.75, 3.05) is 6.26 Å². The predicted octanol–water partition coefficient (Wildman–Crippen LogP) is 4.17. The van der Waals surface area contributed by atoms with Gasteiger partial charge in [-0.25, -0.2) is 13.4 Å². The van der Waals surface area contributed by atoms with E-state index in [-0.39, 0.29) is 17.4 Å². The molecule has 0 spiro atoms. The van der Waals surface area contributed by atoms with Crippen molar-refractivity contribution in [3.63, 3.8) is 0 Å². The Hall–Kier alpha value is -2.32. The number of carboxylic acid groups (broad SMARTS) is 1. The van der Waals surface area contributed by atoms with Crippen LogP contribution in [-0.4, -0.2) is 35.3 Å². The first-order chi connectivity index (χ1) is 13.7. The average Bonchev–Trinajstić information content (AvgIpc) is 3.17. The van der Waals surface area contributed by atoms with E-state index in [2.05, 4.69) is 15.6 Å². The monoisotopic (exact) mass is 430 g/mol. The fraction of sp³-hybridized carbons (Fsp3) is 0.333. The van der Waals surface area contributed by atoms with Gasteiger partial charge >= 0.3 is 5.97 Å². The fourth-order valence-corrected chi connectivity index (χ4v) is 6.20. The van der Waals surface area contributed by atoms with Crippen molar-refractivity contribution < 1.29 is 18.3 Å². The zero-order valence-electron chi connectivity index (χ0n) is 16.5. The molecule has 152 valence electrons. The van der Waals surface area contributed by atoms with Crippen LogP contribution in [0.5, 0.6) is 0 Å². The zero-order chi connectivity index (χ0) is 20.9. The molecule has 1 atom stereocenters. The first kappa shape index (κ1) is 20.0. The molecule has 1 unspecified atom stereocenters. The Morgan fingerprint density at radius 3 is 2.69 bits per heavy atom. The van der Waals surface area contributed by atoms with Crippen LogP contribution in [0, 0.1) is 13.8 Å². The lowest BCUT2D eigenvalue weighted by atomic mass is 10.0. The lowest BCUT2D eigenvalue weighted by molar-refractivity contribution is -0.137. The molecule has 0 aliphatic carbocycles. The number of hydrogen-bond acceptors (Lipinski definition) is 5. The number of carbonyl (C=O) groups is 1. The van der Waals surface area contributed by atoms with Gasteiger partial charge in [-0.1, -0.05) is 17.8 Å². The zero-order valence-corrected chi connectivity index (χ0v) is 18.1. The Balaban J connectivity index is 1.99. The third kappa shape index (κ3) is 3.55. The number of aromatic nitrogens is 2. The normalized spacial score (nSPS) is 16.3. The van der Waals surface area contributed by atoms with Gasteiger partial charge in [0.1, 0.15) is 0 Å². The van der Waals surface area contributed by atoms with Gasteiger partial charge in [0.05, 0.1) is 17.3 Å². The van der Waals surface area contributed by atoms with E-state index in [0.29, 0.717) is 11.9 Å². The van der Waals surface area contributed by atoms with Crippen molar-refractivity contribution in [2.45, 2.75) is 54.0 Å². The molecule has 0 fully saturated rings. The molecule has 0 radical (unpaired) electrons. The number of nitrogens with zero attached hydrogens (tertiary/aromatic N) is 2. The van der Waals surface area contributed by atoms with Crippen molar-refractivity contribution >= 4 is 38.5 Å². The molecule has 8 heteroatoms. The van der Waals surface area contributed by atoms with Gasteiger partial charge in [-0.15, -0.1) is 0 Å². The van der Waals surface area contributed by atoms with Crippen LogP contribution in [0.3, 0.4) is 0 Å². The van der Waals surface area contributed by atoms with E-state index in [9.17, 15) is 18.3 Å². The van der Waals surface area contributed by atoms with Crippen LogP contribution in [0.2, 0.25) is 0 Å². The van der Waals surface area contributed by atoms with E-state index < -0.39 is 15.8 Å². The van der Waals surface area contributed by atoms with Crippen molar-refractivity contribution in [2.24, 2.45) is 0 Å². The summed E-state index contributed by atoms with van der Waals surface area (Å²) < 4.78 is 27.0. The second-order valence-corrected chi connectivity index (χ2v) is 10.6. The number of hydrogen-bond donors (Lipinski definition) is 1. The van der Waals surface area contributed by atoms with Crippen molar-refractivity contribution in [3.8, 4) is 0 Å². The number of carboxylic acids is 1. The molecular weight excluding hydrogens is 408 g/mol. The van der Waals surface area contributed by atoms with Gasteiger partial charge in [0.2, 0.25) is 0 Å². The summed E-state index contributed by atoms with van der Waals surface area (Å²) in [4.78, 5) is 17.4. The molecule has 2 aromatic heterocycles. The van der Waals surface area contributed by atoms with Crippen LogP contribution >= 0.6 is 11.8 Å². The Kier molecular flexibility index (Phi) is 4.94. The minimum absolute atomic E-state index is 0.0262. The van der Waals surface area contributed by atoms with Crippen LogP contribution in [0.25, 0.3) is 10.9 Å². The summed E-state index contributed by atoms with van der Waals surface area (Å²) in [5, 5.41) is 10.0. The lowest BCUT2D eigenvalue weighted by Crippen LogP contribution is -2.04. The number of fused-ring (bicyclic) bond motifs is 3. The second kappa shape index (κ2) is 7.18. The molecule has 0 saturated heterocycles. The summed E-state index contributed by atoms with van der Waals surface area (Å²) in [5.41, 5.74) is 4.04. The van der Waals surface area contributed by atoms with Gasteiger partial charge in [0.25, 0.3) is 0 Å². The van der Waals surface area contributed by atoms with Crippen molar-refractivity contribution in [3.05, 3.63) is 47.3 Å². The highest BCUT2D eigenvalue weighted by molar-refractivity contribution is 7.99. The maximum absolute atomic E-state index is 12.5. The summed E-state index contributed by atoms with van der Waals surface area (Å²) in [5.74, 6) is -1.00. The molecule has 3 heterocycles. The third-order valence-corrected chi connectivity index (χ3v) is 7.61. The Morgan fingerprint density at radius 2 is 2.03 bits per heavy atom. The number of sulfone groups is 1. The molecule has 0 amide bonds. The first-order valence-corrected chi connectivity index (χ1v) is 12.1. The van der Waals surface area contributed by atoms with Crippen LogP contribution < -0.4 is 0 Å². The summed E-state index contributed by atoms with van der Waals surface area (Å²) in [7, 11) is -3.54. The van der Waals surface area contributed by atoms with Crippen LogP contribution in [0.1, 0.15) is 35.6 Å². The molecular formula is C21H22N2O4S2. The highest BCUT2D eigenvalue weighted by Gasteiger charge is 2.33. The molecule has 0 saturated carbocycles. The number of pyridine rings is 1. The van der Waals surface area contributed by atoms with Gasteiger partial charge in [0.15, 0.2) is 14.9 Å². The summed E-state index contributed by atoms with van der Waals surface area (Å²) in [6.07, 6.45) is 3.44. The van der Waals surface area contributed by atoms with Gasteiger partial charge in [-0.3, -0.25) is 4.79 Å². The topological polar surface area (TPSA) is 89.3 Å². The van der Waals surface area contributed by atoms with E-state index >= 15 is 0 Å². The molecule has 0 bridgehead atoms. The minimum Gasteiger partial charge on any atom is -0.481 e. The maximum Gasteiger partial charge on any atom is 0.304 e. The molecule has 1 aliphatic heterocycles. The Bertz CT molecular complexity index is 1250. The van der Waals surface area contributed by atoms with E-state index in [1.54, 1.807) is 0 Å². The first-order valence-electron chi connectivity index (χ1n) is 9.35. The van der Waals surface area contributed by atoms with E-state index in [4.69, 9.17) is 0 Å². The molecule has 1 aromatic carbocycles. The standard InChI is InChI=1S/C21H22N2O4S2/c1-12-4-5-15(10-13(12)2)28-20-18-16(6-8-22-21(18)29(3,26)27)23-9-7-14(19(20)23)11-17(24)25/h4-6,8,10,14H,7,9,11H2,1-3H3,(H,24,25). The SMILES string of the molecule is Cc1ccc(Sc2c3n(c4ccnc(S(C)(=O)=O)c24)CCC3CC(=O)O)cc1C. The highest BCUT2D eigenvalue weighted by Crippen LogP contribution is 2.48. The molecule has 1 N–H and O–H groups in total. The summed E-state index contributed by atoms with van der Waals surface area (Å²) >= 11 is 1.49. The van der Waals surface area contributed by atoms with Gasteiger partial charge < -0.3 is 9.67 Å². The summed E-state index contributed by atoms with van der Waals surface area (Å²) in [6.45, 7) is 4.76. The van der Waals surface area contributed by atoms with Crippen LogP contribution in [0.4, 0.5) is 0 Å². The largest absolute Gasteiger partial charge is 0.481 e. The maximum atomic E-state index is 12.5. The second-order valence-electron chi connectivity index (χ2n) is 7.58. The van der Waals surface area contributed by atoms with E-state index in [0.717, 1.165) is 39.2 Å². The molecule has 6 nitrogen and oxygen atoms in total. The van der Waals surface area contributed by atoms with Crippen LogP contribution in [0.15, 0.2) is 45.3 Å². The fourth-order valence-electron chi connectivity index (χ4n) is 4.01. The van der Waals surface area contributed by atoms with Crippen molar-refractivity contribution in [1.82, 2.24) is 9.55 Å². The quantitative estimate of drug-likeness (QED) is 0.653. The number of rotatable bonds is 5. The lowest BCUT2D eigenvalue weighted by Gasteiger charge is -2.12. The minimum atomic E-state index is -3.54. The van der Waals surface area contributed by atoms with Gasteiger partial charge in [0, 0.05) is 40.4 Å². The molecule has 29 heavy (non-hydrogen) atoms. The highest BCUT2D eigenvalue weighted by atomic mass is 32.2. The average molecular weight is 431 g/mol. The Morgan fingerprint density at radius 1 is 1.28 bits per heavy atom. The molecule has 4 rings (SSSR count). The number of aliphatic carboxylic acids is 1. The molecule has 1 aliphatic rings. The third-order valence-electron chi connectivity index (χ3n) is 5.49. The van der Waals surface area contributed by atoms with E-state index in [1.807, 2.05) is 32.0 Å². The number of benzene rings is 1. The smallest absolute Gasteiger partial charge is 0.304 e. The van der Waals surface area contributed by atoms with Crippen molar-refractivity contribution in [1.29, 1.82) is 0 Å². The summed E-state index contributed by atoms with van der Waals surface area (Å²) in [6, 6.07) is 7.95. The van der Waals surface area contributed by atoms with Gasteiger partial charge in [-0.05, 0) is 49.6 Å². The van der Waals surface area contributed by atoms with Crippen LogP contribution in [-0.2, 0) is 21.2 Å². The predicted molar refractivity (Wildman–Crippen MR) is 112 cm³/mol. The van der Waals surface area contributed by atoms with Gasteiger partial charge in [-0.2, -0.15) is 0 Å². The molecule has 3 aromatic rings. The Labute approximate surface area is 173 Å². The van der Waals surface area contributed by atoms with E-state index in [1.165, 1.54) is 23.5 Å². The number of aryl methyl sites for hydroxylation is 3.